The van der Waals surface area contributed by atoms with Crippen molar-refractivity contribution in [1.29, 1.82) is 0 Å². The van der Waals surface area contributed by atoms with Crippen molar-refractivity contribution >= 4 is 5.91 Å². The number of nitrogens with zero attached hydrogens (tertiary/aromatic N) is 2. The van der Waals surface area contributed by atoms with Crippen LogP contribution < -0.4 is 5.73 Å². The summed E-state index contributed by atoms with van der Waals surface area (Å²) in [4.78, 5) is 15.2. The second kappa shape index (κ2) is 4.58. The molecule has 0 aromatic heterocycles. The number of likely N-dealkylation sites (N-methyl/N-ethyl adjacent to an activating group) is 1. The Bertz CT molecular complexity index is 178. The van der Waals surface area contributed by atoms with Crippen LogP contribution in [0.25, 0.3) is 0 Å². The van der Waals surface area contributed by atoms with E-state index in [-0.39, 0.29) is 5.91 Å². The molecule has 0 unspecified atom stereocenters. The van der Waals surface area contributed by atoms with E-state index >= 15 is 0 Å². The molecular formula is C9H19N3O. The molecule has 76 valence electrons. The Morgan fingerprint density at radius 3 is 2.46 bits per heavy atom. The van der Waals surface area contributed by atoms with E-state index in [9.17, 15) is 4.79 Å². The van der Waals surface area contributed by atoms with Crippen LogP contribution in [0.1, 0.15) is 12.8 Å². The lowest BCUT2D eigenvalue weighted by Gasteiger charge is -2.22. The molecule has 0 aromatic rings. The number of rotatable bonds is 5. The third kappa shape index (κ3) is 3.32. The van der Waals surface area contributed by atoms with Gasteiger partial charge in [-0.25, -0.2) is 0 Å². The molecule has 2 N–H and O–H groups in total. The van der Waals surface area contributed by atoms with Crippen LogP contribution in [-0.4, -0.2) is 55.5 Å². The predicted octanol–water partition coefficient (Wildman–Crippen LogP) is -0.502. The number of hydrogen-bond acceptors (Lipinski definition) is 3. The fourth-order valence-electron chi connectivity index (χ4n) is 1.31. The molecule has 1 aliphatic carbocycles. The summed E-state index contributed by atoms with van der Waals surface area (Å²) in [5.41, 5.74) is 5.48. The normalized spacial score (nSPS) is 16.3. The molecular weight excluding hydrogens is 166 g/mol. The van der Waals surface area contributed by atoms with Gasteiger partial charge in [0.25, 0.3) is 0 Å². The molecule has 0 atom stereocenters. The van der Waals surface area contributed by atoms with Crippen LogP contribution in [0, 0.1) is 0 Å². The highest BCUT2D eigenvalue weighted by molar-refractivity contribution is 5.77. The maximum absolute atomic E-state index is 11.4. The van der Waals surface area contributed by atoms with Crippen LogP contribution in [0.15, 0.2) is 0 Å². The lowest BCUT2D eigenvalue weighted by Crippen LogP contribution is -2.40. The van der Waals surface area contributed by atoms with Gasteiger partial charge in [0.15, 0.2) is 0 Å². The number of nitrogens with two attached hydrogens (primary N) is 1. The fraction of sp³-hybridized carbons (Fsp3) is 0.889. The maximum Gasteiger partial charge on any atom is 0.236 e. The highest BCUT2D eigenvalue weighted by Gasteiger charge is 2.29. The average molecular weight is 185 g/mol. The molecule has 13 heavy (non-hydrogen) atoms. The summed E-state index contributed by atoms with van der Waals surface area (Å²) in [6, 6.07) is 0.618. The number of carbonyl (C=O) groups excluding carboxylic acids is 1. The minimum Gasteiger partial charge on any atom is -0.348 e. The number of hydrogen-bond donors (Lipinski definition) is 1. The summed E-state index contributed by atoms with van der Waals surface area (Å²) < 4.78 is 0. The van der Waals surface area contributed by atoms with Gasteiger partial charge in [-0.3, -0.25) is 9.69 Å². The SMILES string of the molecule is CN(C)C(=O)CN(CCN)C1CC1. The molecule has 0 aromatic carbocycles. The monoisotopic (exact) mass is 185 g/mol. The van der Waals surface area contributed by atoms with Crippen LogP contribution in [0.2, 0.25) is 0 Å². The van der Waals surface area contributed by atoms with E-state index in [1.54, 1.807) is 19.0 Å². The van der Waals surface area contributed by atoms with Crippen molar-refractivity contribution in [2.45, 2.75) is 18.9 Å². The van der Waals surface area contributed by atoms with Crippen LogP contribution in [-0.2, 0) is 4.79 Å². The van der Waals surface area contributed by atoms with Crippen molar-refractivity contribution in [3.63, 3.8) is 0 Å². The first kappa shape index (κ1) is 10.5. The molecule has 1 saturated carbocycles. The van der Waals surface area contributed by atoms with Crippen molar-refractivity contribution < 1.29 is 4.79 Å². The second-order valence-electron chi connectivity index (χ2n) is 3.78. The summed E-state index contributed by atoms with van der Waals surface area (Å²) >= 11 is 0. The van der Waals surface area contributed by atoms with Crippen molar-refractivity contribution in [3.8, 4) is 0 Å². The zero-order valence-electron chi connectivity index (χ0n) is 8.49. The van der Waals surface area contributed by atoms with Gasteiger partial charge in [0.05, 0.1) is 6.54 Å². The zero-order valence-corrected chi connectivity index (χ0v) is 8.49. The quantitative estimate of drug-likeness (QED) is 0.628. The van der Waals surface area contributed by atoms with Gasteiger partial charge in [-0.1, -0.05) is 0 Å². The first-order valence-electron chi connectivity index (χ1n) is 4.79. The Morgan fingerprint density at radius 1 is 1.46 bits per heavy atom. The molecule has 0 saturated heterocycles. The lowest BCUT2D eigenvalue weighted by molar-refractivity contribution is -0.130. The highest BCUT2D eigenvalue weighted by atomic mass is 16.2. The summed E-state index contributed by atoms with van der Waals surface area (Å²) in [5, 5.41) is 0. The number of amides is 1. The summed E-state index contributed by atoms with van der Waals surface area (Å²) in [6.07, 6.45) is 2.45. The van der Waals surface area contributed by atoms with E-state index in [4.69, 9.17) is 5.73 Å². The molecule has 1 fully saturated rings. The van der Waals surface area contributed by atoms with Gasteiger partial charge < -0.3 is 10.6 Å². The Hall–Kier alpha value is -0.610. The standard InChI is InChI=1S/C9H19N3O/c1-11(2)9(13)7-12(6-5-10)8-3-4-8/h8H,3-7,10H2,1-2H3. The van der Waals surface area contributed by atoms with E-state index in [1.165, 1.54) is 12.8 Å². The Labute approximate surface area is 79.7 Å². The van der Waals surface area contributed by atoms with Gasteiger partial charge in [-0.2, -0.15) is 0 Å². The van der Waals surface area contributed by atoms with Crippen molar-refractivity contribution in [2.75, 3.05) is 33.7 Å². The third-order valence-corrected chi connectivity index (χ3v) is 2.32. The molecule has 0 radical (unpaired) electrons. The lowest BCUT2D eigenvalue weighted by atomic mass is 10.4. The Balaban J connectivity index is 2.33. The van der Waals surface area contributed by atoms with Gasteiger partial charge >= 0.3 is 0 Å². The summed E-state index contributed by atoms with van der Waals surface area (Å²) in [6.45, 7) is 2.00. The van der Waals surface area contributed by atoms with Crippen molar-refractivity contribution in [1.82, 2.24) is 9.80 Å². The van der Waals surface area contributed by atoms with Crippen LogP contribution in [0.4, 0.5) is 0 Å². The molecule has 1 amide bonds. The molecule has 0 aliphatic heterocycles. The van der Waals surface area contributed by atoms with Crippen molar-refractivity contribution in [3.05, 3.63) is 0 Å². The topological polar surface area (TPSA) is 49.6 Å². The van der Waals surface area contributed by atoms with Gasteiger partial charge in [0, 0.05) is 33.2 Å². The Morgan fingerprint density at radius 2 is 2.08 bits per heavy atom. The van der Waals surface area contributed by atoms with E-state index in [0.717, 1.165) is 6.54 Å². The van der Waals surface area contributed by atoms with Crippen molar-refractivity contribution in [2.24, 2.45) is 5.73 Å². The molecule has 4 heteroatoms. The summed E-state index contributed by atoms with van der Waals surface area (Å²) in [7, 11) is 3.58. The largest absolute Gasteiger partial charge is 0.348 e. The van der Waals surface area contributed by atoms with Gasteiger partial charge in [-0.05, 0) is 12.8 Å². The maximum atomic E-state index is 11.4. The molecule has 4 nitrogen and oxygen atoms in total. The van der Waals surface area contributed by atoms with E-state index < -0.39 is 0 Å². The van der Waals surface area contributed by atoms with E-state index in [1.807, 2.05) is 0 Å². The molecule has 1 aliphatic rings. The van der Waals surface area contributed by atoms with Crippen LogP contribution in [0.5, 0.6) is 0 Å². The molecule has 0 bridgehead atoms. The van der Waals surface area contributed by atoms with E-state index in [0.29, 0.717) is 19.1 Å². The summed E-state index contributed by atoms with van der Waals surface area (Å²) in [5.74, 6) is 0.167. The first-order valence-corrected chi connectivity index (χ1v) is 4.79. The highest BCUT2D eigenvalue weighted by Crippen LogP contribution is 2.26. The second-order valence-corrected chi connectivity index (χ2v) is 3.78. The van der Waals surface area contributed by atoms with Gasteiger partial charge in [0.2, 0.25) is 5.91 Å². The zero-order chi connectivity index (χ0) is 9.84. The van der Waals surface area contributed by atoms with E-state index in [2.05, 4.69) is 4.90 Å². The molecule has 0 spiro atoms. The fourth-order valence-corrected chi connectivity index (χ4v) is 1.31. The molecule has 1 rings (SSSR count). The predicted molar refractivity (Wildman–Crippen MR) is 52.3 cm³/mol. The third-order valence-electron chi connectivity index (χ3n) is 2.32. The smallest absolute Gasteiger partial charge is 0.236 e. The molecule has 0 heterocycles. The van der Waals surface area contributed by atoms with Gasteiger partial charge in [-0.15, -0.1) is 0 Å². The van der Waals surface area contributed by atoms with Gasteiger partial charge in [0.1, 0.15) is 0 Å². The minimum absolute atomic E-state index is 0.167. The average Bonchev–Trinajstić information content (AvgIpc) is 2.85. The van der Waals surface area contributed by atoms with Crippen LogP contribution >= 0.6 is 0 Å². The Kier molecular flexibility index (Phi) is 3.69. The minimum atomic E-state index is 0.167. The number of carbonyl (C=O) groups is 1. The van der Waals surface area contributed by atoms with Crippen LogP contribution in [0.3, 0.4) is 0 Å². The first-order chi connectivity index (χ1) is 6.15.